The molecule has 0 aromatic heterocycles. The summed E-state index contributed by atoms with van der Waals surface area (Å²) in [7, 11) is 0. The molecule has 0 aliphatic heterocycles. The number of hydrogen-bond acceptors (Lipinski definition) is 4. The third-order valence-electron chi connectivity index (χ3n) is 6.59. The fourth-order valence-electron chi connectivity index (χ4n) is 4.73. The quantitative estimate of drug-likeness (QED) is 0.264. The van der Waals surface area contributed by atoms with Gasteiger partial charge in [0.05, 0.1) is 0 Å². The molecular formula is C31H37NO4Sn. The number of alkyl carbamates (subject to hydrolysis) is 1. The van der Waals surface area contributed by atoms with E-state index in [1.54, 1.807) is 0 Å². The first-order chi connectivity index (χ1) is 17.4. The molecule has 0 radical (unpaired) electrons. The van der Waals surface area contributed by atoms with E-state index < -0.39 is 42.1 Å². The third kappa shape index (κ3) is 6.75. The molecule has 4 rings (SSSR count). The van der Waals surface area contributed by atoms with Gasteiger partial charge in [0.1, 0.15) is 0 Å². The molecule has 0 saturated carbocycles. The molecule has 3 aromatic rings. The average Bonchev–Trinajstić information content (AvgIpc) is 3.15. The summed E-state index contributed by atoms with van der Waals surface area (Å²) in [6, 6.07) is 24.0. The Kier molecular flexibility index (Phi) is 8.02. The van der Waals surface area contributed by atoms with Crippen molar-refractivity contribution in [2.45, 2.75) is 59.6 Å². The van der Waals surface area contributed by atoms with Crippen LogP contribution in [-0.4, -0.2) is 48.7 Å². The van der Waals surface area contributed by atoms with Crippen LogP contribution in [0.1, 0.15) is 43.4 Å². The summed E-state index contributed by atoms with van der Waals surface area (Å²) < 4.78 is 12.7. The molecule has 0 saturated heterocycles. The first kappa shape index (κ1) is 27.2. The molecule has 0 heterocycles. The van der Waals surface area contributed by atoms with Crippen molar-refractivity contribution in [2.24, 2.45) is 0 Å². The van der Waals surface area contributed by atoms with E-state index in [4.69, 9.17) is 9.47 Å². The van der Waals surface area contributed by atoms with Crippen LogP contribution in [0.2, 0.25) is 14.8 Å². The zero-order valence-corrected chi connectivity index (χ0v) is 25.5. The molecule has 5 nitrogen and oxygen atoms in total. The van der Waals surface area contributed by atoms with Gasteiger partial charge in [0.2, 0.25) is 0 Å². The second-order valence-electron chi connectivity index (χ2n) is 11.7. The van der Waals surface area contributed by atoms with Gasteiger partial charge in [0.15, 0.2) is 0 Å². The van der Waals surface area contributed by atoms with Crippen molar-refractivity contribution in [2.75, 3.05) is 6.61 Å². The van der Waals surface area contributed by atoms with E-state index >= 15 is 0 Å². The molecule has 0 spiro atoms. The van der Waals surface area contributed by atoms with Gasteiger partial charge in [0.25, 0.3) is 0 Å². The first-order valence-electron chi connectivity index (χ1n) is 12.9. The second kappa shape index (κ2) is 10.9. The Balaban J connectivity index is 1.47. The molecule has 3 aromatic carbocycles. The van der Waals surface area contributed by atoms with Crippen LogP contribution in [0.15, 0.2) is 72.8 Å². The number of carbonyl (C=O) groups excluding carboxylic acids is 2. The van der Waals surface area contributed by atoms with E-state index in [0.717, 1.165) is 16.7 Å². The summed E-state index contributed by atoms with van der Waals surface area (Å²) in [6.45, 7) is 5.65. The van der Waals surface area contributed by atoms with Gasteiger partial charge >= 0.3 is 166 Å². The monoisotopic (exact) mass is 607 g/mol. The van der Waals surface area contributed by atoms with E-state index in [2.05, 4.69) is 56.5 Å². The van der Waals surface area contributed by atoms with Crippen LogP contribution >= 0.6 is 0 Å². The number of fused-ring (bicyclic) bond motifs is 3. The molecule has 1 N–H and O–H groups in total. The molecular weight excluding hydrogens is 569 g/mol. The van der Waals surface area contributed by atoms with Gasteiger partial charge in [-0.1, -0.05) is 48.5 Å². The van der Waals surface area contributed by atoms with Gasteiger partial charge in [-0.2, -0.15) is 0 Å². The summed E-state index contributed by atoms with van der Waals surface area (Å²) in [4.78, 5) is 33.1. The van der Waals surface area contributed by atoms with Crippen molar-refractivity contribution >= 4 is 34.0 Å². The van der Waals surface area contributed by atoms with Crippen LogP contribution in [0.3, 0.4) is 0 Å². The van der Waals surface area contributed by atoms with Gasteiger partial charge in [-0.05, 0) is 11.1 Å². The van der Waals surface area contributed by atoms with Crippen LogP contribution in [-0.2, 0) is 20.7 Å². The summed E-state index contributed by atoms with van der Waals surface area (Å²) in [5.74, 6) is -0.519. The molecule has 1 aliphatic carbocycles. The van der Waals surface area contributed by atoms with Crippen LogP contribution in [0.5, 0.6) is 0 Å². The van der Waals surface area contributed by atoms with E-state index in [0.29, 0.717) is 6.42 Å². The standard InChI is InChI=1S/C28H28NO4.3CH3.Sn/c1-28(2,3)33-26(30)25(17-19-11-5-4-6-12-19)29-27(31)32-18-24-22-15-9-7-13-20(22)21-14-8-10-16-23(21)24;;;;/h5-16,24-25H,17-18H2,1-3H3,(H,29,31);3*1H3;/t25-;;;;/m0..../s1. The number of nitrogens with one attached hydrogen (secondary N) is 1. The number of esters is 1. The van der Waals surface area contributed by atoms with Crippen LogP contribution < -0.4 is 8.90 Å². The van der Waals surface area contributed by atoms with Gasteiger partial charge in [-0.25, -0.2) is 0 Å². The number of amides is 1. The molecule has 1 amide bonds. The first-order valence-corrected chi connectivity index (χ1v) is 22.8. The number of ether oxygens (including phenoxy) is 2. The van der Waals surface area contributed by atoms with Gasteiger partial charge in [0, 0.05) is 0 Å². The topological polar surface area (TPSA) is 64.6 Å². The Labute approximate surface area is 224 Å². The zero-order chi connectivity index (χ0) is 26.8. The Hall–Kier alpha value is -2.80. The molecule has 0 bridgehead atoms. The minimum atomic E-state index is -2.18. The summed E-state index contributed by atoms with van der Waals surface area (Å²) in [5.41, 5.74) is 4.93. The van der Waals surface area contributed by atoms with Gasteiger partial charge in [-0.15, -0.1) is 0 Å². The molecule has 0 unspecified atom stereocenters. The molecule has 6 heteroatoms. The number of rotatable bonds is 7. The minimum Gasteiger partial charge on any atom is -0.0619 e. The van der Waals surface area contributed by atoms with E-state index in [-0.39, 0.29) is 12.5 Å². The normalized spacial score (nSPS) is 13.9. The van der Waals surface area contributed by atoms with E-state index in [9.17, 15) is 9.59 Å². The molecule has 194 valence electrons. The number of carbonyl (C=O) groups is 2. The van der Waals surface area contributed by atoms with Crippen molar-refractivity contribution in [1.29, 1.82) is 0 Å². The average molecular weight is 606 g/mol. The molecule has 37 heavy (non-hydrogen) atoms. The number of benzene rings is 3. The van der Waals surface area contributed by atoms with Crippen LogP contribution in [0, 0.1) is 0 Å². The second-order valence-corrected chi connectivity index (χ2v) is 26.2. The van der Waals surface area contributed by atoms with Crippen molar-refractivity contribution < 1.29 is 19.1 Å². The van der Waals surface area contributed by atoms with Crippen molar-refractivity contribution in [3.63, 3.8) is 0 Å². The van der Waals surface area contributed by atoms with E-state index in [1.165, 1.54) is 14.7 Å². The maximum absolute atomic E-state index is 13.0. The zero-order valence-electron chi connectivity index (χ0n) is 22.6. The fourth-order valence-corrected chi connectivity index (χ4v) is 8.05. The Bertz CT molecular complexity index is 1230. The maximum atomic E-state index is 13.0. The summed E-state index contributed by atoms with van der Waals surface area (Å²) >= 11 is -2.18. The summed E-state index contributed by atoms with van der Waals surface area (Å²) in [5, 5.41) is 2.78. The fraction of sp³-hybridized carbons (Fsp3) is 0.355. The third-order valence-corrected chi connectivity index (χ3v) is 12.5. The molecule has 1 atom stereocenters. The van der Waals surface area contributed by atoms with E-state index in [1.807, 2.05) is 57.2 Å². The predicted octanol–water partition coefficient (Wildman–Crippen LogP) is 6.02. The SMILES string of the molecule is CC(C)(C)OC(=O)[C@H](Cc1cc[c]([Sn]([CH3])([CH3])[CH3])cc1)NC(=O)OCC1c2ccccc2-c2ccccc21. The molecule has 1 aliphatic rings. The minimum absolute atomic E-state index is 0.0469. The Morgan fingerprint density at radius 2 is 1.41 bits per heavy atom. The molecule has 0 fully saturated rings. The Morgan fingerprint density at radius 3 is 1.92 bits per heavy atom. The smallest absolute Gasteiger partial charge is 0.0619 e. The van der Waals surface area contributed by atoms with Crippen molar-refractivity contribution in [1.82, 2.24) is 5.32 Å². The van der Waals surface area contributed by atoms with Crippen LogP contribution in [0.4, 0.5) is 4.79 Å². The predicted molar refractivity (Wildman–Crippen MR) is 151 cm³/mol. The number of hydrogen-bond donors (Lipinski definition) is 1. The van der Waals surface area contributed by atoms with Crippen LogP contribution in [0.25, 0.3) is 11.1 Å². The van der Waals surface area contributed by atoms with Gasteiger partial charge in [-0.3, -0.25) is 0 Å². The Morgan fingerprint density at radius 1 is 0.865 bits per heavy atom. The van der Waals surface area contributed by atoms with Crippen molar-refractivity contribution in [3.8, 4) is 11.1 Å². The van der Waals surface area contributed by atoms with Crippen molar-refractivity contribution in [3.05, 3.63) is 89.5 Å². The van der Waals surface area contributed by atoms with Gasteiger partial charge < -0.3 is 0 Å². The summed E-state index contributed by atoms with van der Waals surface area (Å²) in [6.07, 6.45) is -0.292.